The molecule has 0 bridgehead atoms. The summed E-state index contributed by atoms with van der Waals surface area (Å²) in [6.45, 7) is 6.54. The fourth-order valence-electron chi connectivity index (χ4n) is 1.61. The van der Waals surface area contributed by atoms with Gasteiger partial charge in [0, 0.05) is 15.9 Å². The van der Waals surface area contributed by atoms with Gasteiger partial charge in [-0.25, -0.2) is 0 Å². The lowest BCUT2D eigenvalue weighted by Crippen LogP contribution is -2.25. The number of nitrogens with one attached hydrogen (secondary N) is 1. The molecular weight excluding hydrogens is 296 g/mol. The summed E-state index contributed by atoms with van der Waals surface area (Å²) in [4.78, 5) is 4.68. The highest BCUT2D eigenvalue weighted by atomic mass is 79.9. The Morgan fingerprint density at radius 1 is 1.41 bits per heavy atom. The lowest BCUT2D eigenvalue weighted by molar-refractivity contribution is 0.537. The molecule has 0 saturated heterocycles. The first-order valence-corrected chi connectivity index (χ1v) is 7.58. The van der Waals surface area contributed by atoms with E-state index in [9.17, 15) is 0 Å². The second kappa shape index (κ2) is 5.44. The molecule has 2 unspecified atom stereocenters. The Hall–Kier alpha value is -0.480. The van der Waals surface area contributed by atoms with Crippen LogP contribution in [-0.4, -0.2) is 17.0 Å². The monoisotopic (exact) mass is 312 g/mol. The molecule has 1 aromatic carbocycles. The van der Waals surface area contributed by atoms with Crippen molar-refractivity contribution in [2.75, 3.05) is 11.1 Å². The maximum absolute atomic E-state index is 4.68. The number of anilines is 1. The summed E-state index contributed by atoms with van der Waals surface area (Å²) in [6.07, 6.45) is 0. The van der Waals surface area contributed by atoms with E-state index in [1.54, 1.807) is 0 Å². The lowest BCUT2D eigenvalue weighted by Gasteiger charge is -2.24. The highest BCUT2D eigenvalue weighted by Gasteiger charge is 2.19. The van der Waals surface area contributed by atoms with E-state index in [4.69, 9.17) is 0 Å². The summed E-state index contributed by atoms with van der Waals surface area (Å²) >= 11 is 5.30. The Balaban J connectivity index is 2.16. The SMILES string of the molecule is Cc1ccc(Br)cc1NC1=NC(C)C(C)CS1. The second-order valence-electron chi connectivity index (χ2n) is 4.55. The summed E-state index contributed by atoms with van der Waals surface area (Å²) < 4.78 is 1.09. The highest BCUT2D eigenvalue weighted by Crippen LogP contribution is 2.26. The largest absolute Gasteiger partial charge is 0.335 e. The summed E-state index contributed by atoms with van der Waals surface area (Å²) in [7, 11) is 0. The lowest BCUT2D eigenvalue weighted by atomic mass is 10.1. The molecule has 1 heterocycles. The zero-order valence-electron chi connectivity index (χ0n) is 10.3. The van der Waals surface area contributed by atoms with E-state index in [1.807, 2.05) is 11.8 Å². The number of aliphatic imine (C=N–C) groups is 1. The maximum atomic E-state index is 4.68. The number of aryl methyl sites for hydroxylation is 1. The van der Waals surface area contributed by atoms with Gasteiger partial charge in [0.1, 0.15) is 0 Å². The molecule has 4 heteroatoms. The number of nitrogens with zero attached hydrogens (tertiary/aromatic N) is 1. The topological polar surface area (TPSA) is 24.4 Å². The Bertz CT molecular complexity index is 445. The third kappa shape index (κ3) is 3.26. The van der Waals surface area contributed by atoms with Crippen LogP contribution >= 0.6 is 27.7 Å². The number of thioether (sulfide) groups is 1. The second-order valence-corrected chi connectivity index (χ2v) is 6.47. The van der Waals surface area contributed by atoms with Crippen LogP contribution in [0.25, 0.3) is 0 Å². The smallest absolute Gasteiger partial charge is 0.161 e. The Kier molecular flexibility index (Phi) is 4.15. The predicted octanol–water partition coefficient (Wildman–Crippen LogP) is 4.30. The zero-order chi connectivity index (χ0) is 12.4. The first-order chi connectivity index (χ1) is 8.06. The summed E-state index contributed by atoms with van der Waals surface area (Å²) in [5, 5.41) is 4.46. The average Bonchev–Trinajstić information content (AvgIpc) is 2.29. The number of halogens is 1. The van der Waals surface area contributed by atoms with Crippen LogP contribution in [0.3, 0.4) is 0 Å². The molecule has 0 spiro atoms. The molecule has 2 nitrogen and oxygen atoms in total. The van der Waals surface area contributed by atoms with Crippen molar-refractivity contribution in [2.45, 2.75) is 26.8 Å². The number of benzene rings is 1. The van der Waals surface area contributed by atoms with Crippen molar-refractivity contribution in [2.24, 2.45) is 10.9 Å². The van der Waals surface area contributed by atoms with Gasteiger partial charge in [-0.05, 0) is 37.5 Å². The van der Waals surface area contributed by atoms with Crippen LogP contribution in [0.2, 0.25) is 0 Å². The molecule has 1 aliphatic heterocycles. The van der Waals surface area contributed by atoms with Gasteiger partial charge in [-0.2, -0.15) is 0 Å². The summed E-state index contributed by atoms with van der Waals surface area (Å²) in [5.74, 6) is 1.80. The summed E-state index contributed by atoms with van der Waals surface area (Å²) in [6, 6.07) is 6.67. The van der Waals surface area contributed by atoms with Gasteiger partial charge in [0.05, 0.1) is 6.04 Å². The van der Waals surface area contributed by atoms with Crippen LogP contribution in [0.5, 0.6) is 0 Å². The van der Waals surface area contributed by atoms with E-state index in [-0.39, 0.29) is 0 Å². The predicted molar refractivity (Wildman–Crippen MR) is 81.0 cm³/mol. The number of rotatable bonds is 1. The number of hydrogen-bond acceptors (Lipinski definition) is 3. The van der Waals surface area contributed by atoms with Gasteiger partial charge >= 0.3 is 0 Å². The minimum Gasteiger partial charge on any atom is -0.335 e. The Morgan fingerprint density at radius 3 is 2.88 bits per heavy atom. The van der Waals surface area contributed by atoms with Crippen LogP contribution < -0.4 is 5.32 Å². The Morgan fingerprint density at radius 2 is 2.18 bits per heavy atom. The molecule has 0 fully saturated rings. The molecule has 17 heavy (non-hydrogen) atoms. The molecule has 1 N–H and O–H groups in total. The molecule has 0 aromatic heterocycles. The van der Waals surface area contributed by atoms with E-state index in [2.05, 4.69) is 65.2 Å². The molecular formula is C13H17BrN2S. The average molecular weight is 313 g/mol. The van der Waals surface area contributed by atoms with Gasteiger partial charge in [0.25, 0.3) is 0 Å². The zero-order valence-corrected chi connectivity index (χ0v) is 12.7. The molecule has 0 aliphatic carbocycles. The van der Waals surface area contributed by atoms with E-state index in [1.165, 1.54) is 5.56 Å². The summed E-state index contributed by atoms with van der Waals surface area (Å²) in [5.41, 5.74) is 2.37. The fraction of sp³-hybridized carbons (Fsp3) is 0.462. The van der Waals surface area contributed by atoms with Crippen molar-refractivity contribution < 1.29 is 0 Å². The van der Waals surface area contributed by atoms with Crippen LogP contribution in [0.1, 0.15) is 19.4 Å². The molecule has 0 amide bonds. The molecule has 1 aromatic rings. The van der Waals surface area contributed by atoms with Gasteiger partial charge < -0.3 is 5.32 Å². The van der Waals surface area contributed by atoms with Crippen molar-refractivity contribution in [1.82, 2.24) is 0 Å². The maximum Gasteiger partial charge on any atom is 0.161 e. The third-order valence-electron chi connectivity index (χ3n) is 3.07. The molecule has 2 atom stereocenters. The van der Waals surface area contributed by atoms with Crippen molar-refractivity contribution in [1.29, 1.82) is 0 Å². The van der Waals surface area contributed by atoms with Crippen LogP contribution in [0.15, 0.2) is 27.7 Å². The first-order valence-electron chi connectivity index (χ1n) is 5.80. The molecule has 1 aliphatic rings. The van der Waals surface area contributed by atoms with Gasteiger partial charge in [0.2, 0.25) is 0 Å². The first kappa shape index (κ1) is 13.0. The highest BCUT2D eigenvalue weighted by molar-refractivity contribution is 9.10. The van der Waals surface area contributed by atoms with Gasteiger partial charge in [-0.1, -0.05) is 40.7 Å². The standard InChI is InChI=1S/C13H17BrN2S/c1-8-4-5-11(14)6-12(8)16-13-15-10(3)9(2)7-17-13/h4-6,9-10H,7H2,1-3H3,(H,15,16). The minimum atomic E-state index is 0.409. The van der Waals surface area contributed by atoms with Gasteiger partial charge in [0.15, 0.2) is 5.17 Å². The van der Waals surface area contributed by atoms with E-state index in [0.717, 1.165) is 21.1 Å². The van der Waals surface area contributed by atoms with Crippen LogP contribution in [-0.2, 0) is 0 Å². The van der Waals surface area contributed by atoms with Crippen molar-refractivity contribution in [3.05, 3.63) is 28.2 Å². The van der Waals surface area contributed by atoms with Gasteiger partial charge in [-0.15, -0.1) is 0 Å². The van der Waals surface area contributed by atoms with Crippen molar-refractivity contribution in [3.8, 4) is 0 Å². The third-order valence-corrected chi connectivity index (χ3v) is 4.74. The van der Waals surface area contributed by atoms with E-state index >= 15 is 0 Å². The molecule has 92 valence electrons. The number of hydrogen-bond donors (Lipinski definition) is 1. The quantitative estimate of drug-likeness (QED) is 0.836. The molecule has 0 saturated carbocycles. The van der Waals surface area contributed by atoms with E-state index < -0.39 is 0 Å². The minimum absolute atomic E-state index is 0.409. The molecule has 2 rings (SSSR count). The van der Waals surface area contributed by atoms with E-state index in [0.29, 0.717) is 12.0 Å². The van der Waals surface area contributed by atoms with Gasteiger partial charge in [-0.3, -0.25) is 4.99 Å². The number of amidine groups is 1. The molecule has 0 radical (unpaired) electrons. The fourth-order valence-corrected chi connectivity index (χ4v) is 3.09. The van der Waals surface area contributed by atoms with Crippen molar-refractivity contribution >= 4 is 38.5 Å². The normalized spacial score (nSPS) is 24.4. The van der Waals surface area contributed by atoms with Crippen molar-refractivity contribution in [3.63, 3.8) is 0 Å². The van der Waals surface area contributed by atoms with Crippen LogP contribution in [0.4, 0.5) is 5.69 Å². The van der Waals surface area contributed by atoms with Crippen LogP contribution in [0, 0.1) is 12.8 Å². The Labute approximate surface area is 115 Å².